The Labute approximate surface area is 377 Å². The second-order valence-electron chi connectivity index (χ2n) is 16.6. The normalized spacial score (nSPS) is 11.2. The zero-order valence-electron chi connectivity index (χ0n) is 38.2. The number of alkyl halides is 6. The van der Waals surface area contributed by atoms with Gasteiger partial charge in [-0.3, -0.25) is 9.97 Å². The fourth-order valence-electron chi connectivity index (χ4n) is 5.23. The first-order valence-corrected chi connectivity index (χ1v) is 21.1. The lowest BCUT2D eigenvalue weighted by Crippen LogP contribution is -2.10. The first-order valence-electron chi connectivity index (χ1n) is 20.3. The molecule has 0 saturated carbocycles. The van der Waals surface area contributed by atoms with Crippen LogP contribution in [0.25, 0.3) is 0 Å². The molecule has 11 heteroatoms. The highest BCUT2D eigenvalue weighted by molar-refractivity contribution is 6.31. The van der Waals surface area contributed by atoms with E-state index in [1.54, 1.807) is 19.1 Å². The average Bonchev–Trinajstić information content (AvgIpc) is 3.15. The van der Waals surface area contributed by atoms with Crippen LogP contribution in [0.3, 0.4) is 0 Å². The van der Waals surface area contributed by atoms with Gasteiger partial charge in [-0.05, 0) is 139 Å². The summed E-state index contributed by atoms with van der Waals surface area (Å²) in [4.78, 5) is 7.91. The quantitative estimate of drug-likeness (QED) is 0.164. The fourth-order valence-corrected chi connectivity index (χ4v) is 5.59. The third-order valence-corrected chi connectivity index (χ3v) is 10.5. The van der Waals surface area contributed by atoms with Gasteiger partial charge in [0.2, 0.25) is 0 Å². The van der Waals surface area contributed by atoms with Crippen molar-refractivity contribution in [3.05, 3.63) is 162 Å². The van der Waals surface area contributed by atoms with E-state index >= 15 is 0 Å². The fraction of sp³-hybridized carbons (Fsp3) is 0.451. The molecule has 0 aliphatic heterocycles. The Morgan fingerprint density at radius 3 is 1.15 bits per heavy atom. The van der Waals surface area contributed by atoms with Gasteiger partial charge >= 0.3 is 12.4 Å². The molecule has 0 aliphatic carbocycles. The van der Waals surface area contributed by atoms with Gasteiger partial charge in [0.15, 0.2) is 0 Å². The molecule has 0 bridgehead atoms. The number of aryl methyl sites for hydroxylation is 5. The summed E-state index contributed by atoms with van der Waals surface area (Å²) in [5, 5.41) is 1.63. The first kappa shape index (κ1) is 58.1. The van der Waals surface area contributed by atoms with E-state index in [0.717, 1.165) is 38.0 Å². The van der Waals surface area contributed by atoms with Gasteiger partial charge in [0.25, 0.3) is 0 Å². The summed E-state index contributed by atoms with van der Waals surface area (Å²) >= 11 is 11.9. The predicted molar refractivity (Wildman–Crippen MR) is 249 cm³/mol. The average molecular weight is 912 g/mol. The van der Waals surface area contributed by atoms with Crippen LogP contribution in [0.2, 0.25) is 10.0 Å². The van der Waals surface area contributed by atoms with Crippen LogP contribution >= 0.6 is 23.2 Å². The Morgan fingerprint density at radius 2 is 0.758 bits per heavy atom. The summed E-state index contributed by atoms with van der Waals surface area (Å²) in [7, 11) is 0. The van der Waals surface area contributed by atoms with Gasteiger partial charge in [0, 0.05) is 23.1 Å². The first-order chi connectivity index (χ1) is 28.0. The van der Waals surface area contributed by atoms with Gasteiger partial charge in [-0.1, -0.05) is 136 Å². The maximum Gasteiger partial charge on any atom is 0.418 e. The van der Waals surface area contributed by atoms with E-state index in [9.17, 15) is 30.7 Å². The zero-order chi connectivity index (χ0) is 47.2. The number of nitrogens with zero attached hydrogens (tertiary/aromatic N) is 2. The van der Waals surface area contributed by atoms with Crippen LogP contribution in [-0.2, 0) is 12.4 Å². The smallest absolute Gasteiger partial charge is 0.261 e. The van der Waals surface area contributed by atoms with E-state index in [4.69, 9.17) is 23.2 Å². The molecule has 0 spiro atoms. The largest absolute Gasteiger partial charge is 0.418 e. The van der Waals surface area contributed by atoms with Crippen LogP contribution in [0.1, 0.15) is 173 Å². The third-order valence-electron chi connectivity index (χ3n) is 9.75. The van der Waals surface area contributed by atoms with Crippen molar-refractivity contribution < 1.29 is 30.7 Å². The number of hydrogen-bond acceptors (Lipinski definition) is 2. The number of hydrogen-bond donors (Lipinski definition) is 0. The summed E-state index contributed by atoms with van der Waals surface area (Å²) in [5.74, 6) is 1.55. The SMILES string of the molecule is C.Cc1ccc(C(C)C)cc1C(F)(F)F.Cc1ccc(C(C)C)cc1Cl.Cc1ccc(C(C)C)cc1F.Cc1ncc(C(C)C)cc1C(F)(F)F.Cc1ncc(C(C)C)cc1Cl. The number of benzene rings is 3. The summed E-state index contributed by atoms with van der Waals surface area (Å²) in [6.07, 6.45) is -5.17. The van der Waals surface area contributed by atoms with E-state index in [2.05, 4.69) is 63.6 Å². The lowest BCUT2D eigenvalue weighted by molar-refractivity contribution is -0.139. The van der Waals surface area contributed by atoms with E-state index < -0.39 is 23.5 Å². The second kappa shape index (κ2) is 26.0. The minimum Gasteiger partial charge on any atom is -0.261 e. The minimum atomic E-state index is -4.30. The van der Waals surface area contributed by atoms with Crippen LogP contribution < -0.4 is 0 Å². The Bertz CT molecular complexity index is 1920. The van der Waals surface area contributed by atoms with Crippen LogP contribution in [0.4, 0.5) is 30.7 Å². The molecule has 2 nitrogen and oxygen atoms in total. The molecule has 5 rings (SSSR count). The maximum atomic E-state index is 12.9. The molecule has 2 heterocycles. The van der Waals surface area contributed by atoms with Crippen molar-refractivity contribution in [1.29, 1.82) is 0 Å². The molecule has 0 unspecified atom stereocenters. The van der Waals surface area contributed by atoms with Gasteiger partial charge in [-0.15, -0.1) is 0 Å². The standard InChI is InChI=1S/C11H13F3.C10H13Cl.C10H12F3N.C10H13F.C9H12ClN.CH4/c1-7(2)9-5-4-8(3)10(6-9)11(12,13)14;1-7(2)9-5-4-8(3)10(11)6-9;1-6(2)8-4-9(10(11,12)13)7(3)14-5-8;1-7(2)9-5-4-8(3)10(11)6-9;1-6(2)8-4-9(10)7(3)11-5-8;/h4-7H,1-3H3;4-7H,1-3H3;4-6H,1-3H3;4-7H,1-3H3;4-6H,1-3H3;1H4. The van der Waals surface area contributed by atoms with E-state index in [1.165, 1.54) is 49.4 Å². The Hall–Kier alpha value is -3.95. The van der Waals surface area contributed by atoms with Crippen molar-refractivity contribution in [3.63, 3.8) is 0 Å². The molecule has 62 heavy (non-hydrogen) atoms. The zero-order valence-corrected chi connectivity index (χ0v) is 39.7. The summed E-state index contributed by atoms with van der Waals surface area (Å²) in [6.45, 7) is 28.7. The molecule has 0 atom stereocenters. The maximum absolute atomic E-state index is 12.9. The highest BCUT2D eigenvalue weighted by Crippen LogP contribution is 2.34. The van der Waals surface area contributed by atoms with E-state index in [0.29, 0.717) is 23.3 Å². The Balaban J connectivity index is 0.000000751. The lowest BCUT2D eigenvalue weighted by atomic mass is 9.98. The van der Waals surface area contributed by atoms with Crippen molar-refractivity contribution >= 4 is 23.2 Å². The second-order valence-corrected chi connectivity index (χ2v) is 17.4. The molecule has 0 N–H and O–H groups in total. The summed E-state index contributed by atoms with van der Waals surface area (Å²) in [5.41, 5.74) is 6.82. The van der Waals surface area contributed by atoms with Crippen molar-refractivity contribution in [2.24, 2.45) is 0 Å². The molecule has 2 aromatic heterocycles. The third kappa shape index (κ3) is 19.6. The lowest BCUT2D eigenvalue weighted by Gasteiger charge is -2.13. The van der Waals surface area contributed by atoms with Gasteiger partial charge < -0.3 is 0 Å². The Kier molecular flexibility index (Phi) is 24.3. The van der Waals surface area contributed by atoms with Crippen LogP contribution in [0, 0.1) is 40.4 Å². The molecule has 0 amide bonds. The highest BCUT2D eigenvalue weighted by atomic mass is 35.5. The molecule has 0 radical (unpaired) electrons. The molecular formula is C51H67Cl2F7N2. The van der Waals surface area contributed by atoms with Crippen LogP contribution in [-0.4, -0.2) is 9.97 Å². The van der Waals surface area contributed by atoms with Gasteiger partial charge in [0.05, 0.1) is 21.8 Å². The van der Waals surface area contributed by atoms with Gasteiger partial charge in [0.1, 0.15) is 5.82 Å². The van der Waals surface area contributed by atoms with Crippen molar-refractivity contribution in [2.45, 2.75) is 153 Å². The highest BCUT2D eigenvalue weighted by Gasteiger charge is 2.34. The predicted octanol–water partition coefficient (Wildman–Crippen LogP) is 18.5. The minimum absolute atomic E-state index is 0. The van der Waals surface area contributed by atoms with Crippen LogP contribution in [0.5, 0.6) is 0 Å². The number of pyridine rings is 2. The number of halogens is 9. The van der Waals surface area contributed by atoms with Gasteiger partial charge in [-0.25, -0.2) is 4.39 Å². The van der Waals surface area contributed by atoms with Crippen LogP contribution in [0.15, 0.2) is 79.1 Å². The van der Waals surface area contributed by atoms with Crippen molar-refractivity contribution in [3.8, 4) is 0 Å². The summed E-state index contributed by atoms with van der Waals surface area (Å²) in [6, 6.07) is 19.3. The number of aromatic nitrogens is 2. The van der Waals surface area contributed by atoms with Gasteiger partial charge in [-0.2, -0.15) is 26.3 Å². The van der Waals surface area contributed by atoms with E-state index in [1.807, 2.05) is 72.0 Å². The van der Waals surface area contributed by atoms with Crippen molar-refractivity contribution in [2.75, 3.05) is 0 Å². The monoisotopic (exact) mass is 910 g/mol. The summed E-state index contributed by atoms with van der Waals surface area (Å²) < 4.78 is 87.8. The van der Waals surface area contributed by atoms with Crippen molar-refractivity contribution in [1.82, 2.24) is 9.97 Å². The molecule has 3 aromatic carbocycles. The molecule has 0 aliphatic rings. The molecule has 344 valence electrons. The molecule has 5 aromatic rings. The molecule has 0 saturated heterocycles. The number of rotatable bonds is 5. The topological polar surface area (TPSA) is 25.8 Å². The molecular weight excluding hydrogens is 844 g/mol. The van der Waals surface area contributed by atoms with E-state index in [-0.39, 0.29) is 36.3 Å². The Morgan fingerprint density at radius 1 is 0.419 bits per heavy atom. The molecule has 0 fully saturated rings.